The zero-order valence-corrected chi connectivity index (χ0v) is 21.2. The van der Waals surface area contributed by atoms with E-state index in [1.165, 1.54) is 29.2 Å². The van der Waals surface area contributed by atoms with Crippen LogP contribution in [0.25, 0.3) is 0 Å². The molecule has 8 nitrogen and oxygen atoms in total. The Hall–Kier alpha value is -2.82. The monoisotopic (exact) mass is 502 g/mol. The van der Waals surface area contributed by atoms with Gasteiger partial charge in [0, 0.05) is 43.8 Å². The highest BCUT2D eigenvalue weighted by Crippen LogP contribution is 2.43. The Kier molecular flexibility index (Phi) is 6.74. The number of carbonyl (C=O) groups is 2. The molecule has 2 amide bonds. The van der Waals surface area contributed by atoms with E-state index in [0.717, 1.165) is 0 Å². The molecule has 0 bridgehead atoms. The number of anilines is 1. The predicted octanol–water partition coefficient (Wildman–Crippen LogP) is 1.69. The third-order valence-corrected chi connectivity index (χ3v) is 8.55. The Balaban J connectivity index is 1.70. The molecular formula is C25H31FN4O4S. The number of carbonyl (C=O) groups excluding carboxylic acids is 2. The number of likely N-dealkylation sites (N-methyl/N-ethyl adjacent to an activating group) is 1. The molecule has 35 heavy (non-hydrogen) atoms. The summed E-state index contributed by atoms with van der Waals surface area (Å²) in [5.41, 5.74) is 0.389. The number of rotatable bonds is 5. The largest absolute Gasteiger partial charge is 0.358 e. The molecule has 1 unspecified atom stereocenters. The van der Waals surface area contributed by atoms with Crippen LogP contribution in [0.4, 0.5) is 10.1 Å². The van der Waals surface area contributed by atoms with Crippen LogP contribution in [0.15, 0.2) is 52.3 Å². The summed E-state index contributed by atoms with van der Waals surface area (Å²) in [5, 5.41) is 5.90. The summed E-state index contributed by atoms with van der Waals surface area (Å²) in [6, 6.07) is 9.78. The SMILES string of the molecule is CNC(=O)C1CN[C@H](C)CN1CC(=O)N1CC(C)(C)c2cc(F)c(S(=O)(=O)c3ccccc3)cc21. The van der Waals surface area contributed by atoms with E-state index in [-0.39, 0.29) is 35.8 Å². The van der Waals surface area contributed by atoms with Crippen LogP contribution >= 0.6 is 0 Å². The minimum absolute atomic E-state index is 0.0161. The van der Waals surface area contributed by atoms with Crippen molar-refractivity contribution in [2.24, 2.45) is 0 Å². The molecule has 2 aliphatic heterocycles. The molecule has 2 heterocycles. The van der Waals surface area contributed by atoms with Crippen LogP contribution in [-0.4, -0.2) is 70.4 Å². The van der Waals surface area contributed by atoms with Crippen molar-refractivity contribution in [3.63, 3.8) is 0 Å². The van der Waals surface area contributed by atoms with Crippen molar-refractivity contribution in [3.8, 4) is 0 Å². The van der Waals surface area contributed by atoms with Gasteiger partial charge in [-0.15, -0.1) is 0 Å². The smallest absolute Gasteiger partial charge is 0.241 e. The quantitative estimate of drug-likeness (QED) is 0.646. The molecule has 1 saturated heterocycles. The number of nitrogens with zero attached hydrogens (tertiary/aromatic N) is 2. The van der Waals surface area contributed by atoms with E-state index in [1.807, 2.05) is 25.7 Å². The maximum absolute atomic E-state index is 15.2. The number of hydrogen-bond donors (Lipinski definition) is 2. The van der Waals surface area contributed by atoms with Crippen molar-refractivity contribution in [3.05, 3.63) is 53.8 Å². The van der Waals surface area contributed by atoms with Crippen LogP contribution in [0.2, 0.25) is 0 Å². The van der Waals surface area contributed by atoms with Crippen LogP contribution in [0.1, 0.15) is 26.3 Å². The molecule has 0 aliphatic carbocycles. The van der Waals surface area contributed by atoms with E-state index < -0.39 is 32.0 Å². The van der Waals surface area contributed by atoms with Gasteiger partial charge in [-0.3, -0.25) is 14.5 Å². The average Bonchev–Trinajstić information content (AvgIpc) is 3.08. The van der Waals surface area contributed by atoms with Gasteiger partial charge in [-0.1, -0.05) is 32.0 Å². The number of hydrogen-bond acceptors (Lipinski definition) is 6. The first-order chi connectivity index (χ1) is 16.5. The molecule has 2 aromatic rings. The highest BCUT2D eigenvalue weighted by Gasteiger charge is 2.41. The molecule has 2 aliphatic rings. The number of halogens is 1. The first kappa shape index (κ1) is 25.3. The highest BCUT2D eigenvalue weighted by molar-refractivity contribution is 7.91. The van der Waals surface area contributed by atoms with Crippen molar-refractivity contribution < 1.29 is 22.4 Å². The summed E-state index contributed by atoms with van der Waals surface area (Å²) < 4.78 is 41.5. The van der Waals surface area contributed by atoms with E-state index in [2.05, 4.69) is 10.6 Å². The summed E-state index contributed by atoms with van der Waals surface area (Å²) >= 11 is 0. The Morgan fingerprint density at radius 3 is 2.54 bits per heavy atom. The van der Waals surface area contributed by atoms with Gasteiger partial charge in [-0.25, -0.2) is 12.8 Å². The Labute approximate surface area is 205 Å². The van der Waals surface area contributed by atoms with Gasteiger partial charge in [0.2, 0.25) is 21.7 Å². The maximum atomic E-state index is 15.2. The summed E-state index contributed by atoms with van der Waals surface area (Å²) in [6.45, 7) is 6.95. The Bertz CT molecular complexity index is 1250. The Morgan fingerprint density at radius 1 is 1.20 bits per heavy atom. The van der Waals surface area contributed by atoms with Crippen LogP contribution in [-0.2, 0) is 24.8 Å². The predicted molar refractivity (Wildman–Crippen MR) is 131 cm³/mol. The van der Waals surface area contributed by atoms with Crippen molar-refractivity contribution >= 4 is 27.3 Å². The maximum Gasteiger partial charge on any atom is 0.241 e. The number of piperazine rings is 1. The topological polar surface area (TPSA) is 98.8 Å². The molecule has 0 aromatic heterocycles. The van der Waals surface area contributed by atoms with E-state index >= 15 is 4.39 Å². The molecule has 2 N–H and O–H groups in total. The molecule has 10 heteroatoms. The zero-order valence-electron chi connectivity index (χ0n) is 20.3. The van der Waals surface area contributed by atoms with Crippen molar-refractivity contribution in [2.75, 3.05) is 38.1 Å². The van der Waals surface area contributed by atoms with Crippen molar-refractivity contribution in [2.45, 2.75) is 48.1 Å². The van der Waals surface area contributed by atoms with Crippen LogP contribution in [0.3, 0.4) is 0 Å². The van der Waals surface area contributed by atoms with Gasteiger partial charge >= 0.3 is 0 Å². The standard InChI is InChI=1S/C25H31FN4O4S/c1-16-13-29(21(12-28-16)24(32)27-4)14-23(31)30-15-25(2,3)18-10-19(26)22(11-20(18)30)35(33,34)17-8-6-5-7-9-17/h5-11,16,21,28H,12-15H2,1-4H3,(H,27,32)/t16-,21?/m1/s1. The second kappa shape index (κ2) is 9.33. The van der Waals surface area contributed by atoms with Gasteiger partial charge < -0.3 is 15.5 Å². The summed E-state index contributed by atoms with van der Waals surface area (Å²) in [4.78, 5) is 28.8. The third-order valence-electron chi connectivity index (χ3n) is 6.76. The fourth-order valence-electron chi connectivity index (χ4n) is 4.87. The fraction of sp³-hybridized carbons (Fsp3) is 0.440. The van der Waals surface area contributed by atoms with Gasteiger partial charge in [0.1, 0.15) is 16.8 Å². The Morgan fingerprint density at radius 2 is 1.89 bits per heavy atom. The minimum atomic E-state index is -4.12. The average molecular weight is 503 g/mol. The summed E-state index contributed by atoms with van der Waals surface area (Å²) in [6.07, 6.45) is 0. The minimum Gasteiger partial charge on any atom is -0.358 e. The molecule has 0 saturated carbocycles. The normalized spacial score (nSPS) is 22.0. The molecular weight excluding hydrogens is 471 g/mol. The lowest BCUT2D eigenvalue weighted by Gasteiger charge is -2.38. The molecule has 0 radical (unpaired) electrons. The molecule has 2 atom stereocenters. The second-order valence-electron chi connectivity index (χ2n) is 9.85. The number of sulfone groups is 1. The van der Waals surface area contributed by atoms with Crippen LogP contribution in [0.5, 0.6) is 0 Å². The number of amides is 2. The number of nitrogens with one attached hydrogen (secondary N) is 2. The zero-order chi connectivity index (χ0) is 25.5. The molecule has 2 aromatic carbocycles. The van der Waals surface area contributed by atoms with Crippen LogP contribution in [0, 0.1) is 5.82 Å². The number of fused-ring (bicyclic) bond motifs is 1. The first-order valence-corrected chi connectivity index (χ1v) is 13.1. The van der Waals surface area contributed by atoms with Gasteiger partial charge in [0.15, 0.2) is 0 Å². The van der Waals surface area contributed by atoms with Crippen molar-refractivity contribution in [1.29, 1.82) is 0 Å². The second-order valence-corrected chi connectivity index (χ2v) is 11.8. The van der Waals surface area contributed by atoms with Gasteiger partial charge in [0.25, 0.3) is 0 Å². The van der Waals surface area contributed by atoms with E-state index in [4.69, 9.17) is 0 Å². The van der Waals surface area contributed by atoms with E-state index in [0.29, 0.717) is 24.3 Å². The van der Waals surface area contributed by atoms with Gasteiger partial charge in [-0.2, -0.15) is 0 Å². The van der Waals surface area contributed by atoms with Gasteiger partial charge in [0.05, 0.1) is 11.4 Å². The fourth-order valence-corrected chi connectivity index (χ4v) is 6.22. The van der Waals surface area contributed by atoms with Crippen molar-refractivity contribution in [1.82, 2.24) is 15.5 Å². The molecule has 4 rings (SSSR count). The van der Waals surface area contributed by atoms with Crippen LogP contribution < -0.4 is 15.5 Å². The summed E-state index contributed by atoms with van der Waals surface area (Å²) in [5.74, 6) is -1.29. The van der Waals surface area contributed by atoms with E-state index in [9.17, 15) is 18.0 Å². The lowest BCUT2D eigenvalue weighted by molar-refractivity contribution is -0.129. The summed E-state index contributed by atoms with van der Waals surface area (Å²) in [7, 11) is -2.56. The molecule has 0 spiro atoms. The third kappa shape index (κ3) is 4.70. The molecule has 188 valence electrons. The van der Waals surface area contributed by atoms with E-state index in [1.54, 1.807) is 25.2 Å². The highest BCUT2D eigenvalue weighted by atomic mass is 32.2. The molecule has 1 fully saturated rings. The lowest BCUT2D eigenvalue weighted by atomic mass is 9.87. The lowest BCUT2D eigenvalue weighted by Crippen LogP contribution is -2.62. The first-order valence-electron chi connectivity index (χ1n) is 11.6. The van der Waals surface area contributed by atoms with Gasteiger partial charge in [-0.05, 0) is 36.8 Å². The number of benzene rings is 2.